The van der Waals surface area contributed by atoms with Crippen LogP contribution in [0.4, 0.5) is 0 Å². The number of carbonyl (C=O) groups excluding carboxylic acids is 1. The van der Waals surface area contributed by atoms with E-state index in [0.717, 1.165) is 23.1 Å². The van der Waals surface area contributed by atoms with Crippen molar-refractivity contribution in [3.05, 3.63) is 45.8 Å². The Morgan fingerprint density at radius 2 is 1.93 bits per heavy atom. The lowest BCUT2D eigenvalue weighted by atomic mass is 9.83. The van der Waals surface area contributed by atoms with Crippen LogP contribution in [-0.4, -0.2) is 46.1 Å². The summed E-state index contributed by atoms with van der Waals surface area (Å²) in [4.78, 5) is 12.8. The molecular formula is C20H25Cl2NO5S2. The molecule has 0 aliphatic rings. The van der Waals surface area contributed by atoms with E-state index in [4.69, 9.17) is 32.7 Å². The summed E-state index contributed by atoms with van der Waals surface area (Å²) in [6, 6.07) is 9.45. The van der Waals surface area contributed by atoms with Crippen molar-refractivity contribution < 1.29 is 22.7 Å². The summed E-state index contributed by atoms with van der Waals surface area (Å²) in [5, 5.41) is 1.12. The lowest BCUT2D eigenvalue weighted by molar-refractivity contribution is -0.119. The number of nitrogens with one attached hydrogen (secondary N) is 1. The van der Waals surface area contributed by atoms with Crippen molar-refractivity contribution in [2.24, 2.45) is 0 Å². The number of carbonyl (C=O) groups is 1. The van der Waals surface area contributed by atoms with E-state index >= 15 is 0 Å². The average Bonchev–Trinajstić information content (AvgIpc) is 3.15. The number of Topliss-reactive ketones (excluding diaryl/α,β-unsaturated/α-hetero) is 1. The van der Waals surface area contributed by atoms with E-state index in [0.29, 0.717) is 28.3 Å². The van der Waals surface area contributed by atoms with Crippen LogP contribution in [0.3, 0.4) is 0 Å². The van der Waals surface area contributed by atoms with Crippen molar-refractivity contribution in [2.75, 3.05) is 31.9 Å². The molecule has 0 saturated heterocycles. The summed E-state index contributed by atoms with van der Waals surface area (Å²) in [6.07, 6.45) is 1.75. The lowest BCUT2D eigenvalue weighted by Gasteiger charge is -2.24. The Labute approximate surface area is 191 Å². The second-order valence-corrected chi connectivity index (χ2v) is 10.9. The Hall–Kier alpha value is -1.32. The van der Waals surface area contributed by atoms with Gasteiger partial charge in [0.05, 0.1) is 24.4 Å². The van der Waals surface area contributed by atoms with E-state index in [9.17, 15) is 13.2 Å². The molecule has 30 heavy (non-hydrogen) atoms. The summed E-state index contributed by atoms with van der Waals surface area (Å²) in [7, 11) is -3.41. The lowest BCUT2D eigenvalue weighted by Crippen LogP contribution is -2.31. The zero-order valence-electron chi connectivity index (χ0n) is 17.0. The summed E-state index contributed by atoms with van der Waals surface area (Å²) < 4.78 is 35.4. The number of rotatable bonds is 12. The fourth-order valence-corrected chi connectivity index (χ4v) is 4.28. The van der Waals surface area contributed by atoms with E-state index in [-0.39, 0.29) is 24.3 Å². The minimum atomic E-state index is -3.41. The third-order valence-corrected chi connectivity index (χ3v) is 6.85. The van der Waals surface area contributed by atoms with Gasteiger partial charge in [0.2, 0.25) is 10.0 Å². The summed E-state index contributed by atoms with van der Waals surface area (Å²) in [5.41, 5.74) is 0.672. The van der Waals surface area contributed by atoms with Gasteiger partial charge in [-0.2, -0.15) is 0 Å². The molecule has 2 rings (SSSR count). The predicted octanol–water partition coefficient (Wildman–Crippen LogP) is 4.23. The van der Waals surface area contributed by atoms with Crippen LogP contribution >= 0.6 is 34.5 Å². The minimum Gasteiger partial charge on any atom is -0.492 e. The molecule has 10 heteroatoms. The van der Waals surface area contributed by atoms with E-state index in [1.165, 1.54) is 11.3 Å². The van der Waals surface area contributed by atoms with Crippen molar-refractivity contribution >= 4 is 50.3 Å². The van der Waals surface area contributed by atoms with Crippen LogP contribution in [0, 0.1) is 0 Å². The van der Waals surface area contributed by atoms with Gasteiger partial charge in [-0.3, -0.25) is 4.79 Å². The zero-order chi connectivity index (χ0) is 22.4. The first kappa shape index (κ1) is 24.9. The molecule has 1 aromatic heterocycles. The topological polar surface area (TPSA) is 81.7 Å². The molecule has 0 radical (unpaired) electrons. The Morgan fingerprint density at radius 1 is 1.20 bits per heavy atom. The van der Waals surface area contributed by atoms with Crippen LogP contribution in [0.5, 0.6) is 10.8 Å². The van der Waals surface area contributed by atoms with Crippen LogP contribution in [-0.2, 0) is 20.2 Å². The molecule has 0 atom stereocenters. The third-order valence-electron chi connectivity index (χ3n) is 4.29. The Morgan fingerprint density at radius 3 is 2.57 bits per heavy atom. The van der Waals surface area contributed by atoms with E-state index < -0.39 is 10.0 Å². The van der Waals surface area contributed by atoms with Crippen molar-refractivity contribution in [1.82, 2.24) is 4.72 Å². The first-order valence-electron chi connectivity index (χ1n) is 9.21. The maximum atomic E-state index is 11.8. The number of sulfonamides is 1. The van der Waals surface area contributed by atoms with E-state index in [2.05, 4.69) is 18.6 Å². The summed E-state index contributed by atoms with van der Waals surface area (Å²) in [6.45, 7) is 4.16. The van der Waals surface area contributed by atoms with Gasteiger partial charge in [-0.1, -0.05) is 31.5 Å². The molecule has 1 aromatic carbocycles. The maximum absolute atomic E-state index is 11.8. The van der Waals surface area contributed by atoms with Crippen LogP contribution in [0.25, 0.3) is 0 Å². The molecule has 0 aliphatic carbocycles. The van der Waals surface area contributed by atoms with Gasteiger partial charge in [-0.25, -0.2) is 13.1 Å². The maximum Gasteiger partial charge on any atom is 0.209 e. The second kappa shape index (κ2) is 10.8. The SMILES string of the molecule is CC(C)(c1ccc(OCCCCl)c(Cl)c1)c1ccc(OCC(=O)CNS(C)(=O)=O)s1. The molecular weight excluding hydrogens is 469 g/mol. The molecule has 0 spiro atoms. The van der Waals surface area contributed by atoms with Gasteiger partial charge in [-0.15, -0.1) is 22.9 Å². The molecule has 6 nitrogen and oxygen atoms in total. The summed E-state index contributed by atoms with van der Waals surface area (Å²) >= 11 is 13.5. The molecule has 166 valence electrons. The molecule has 0 bridgehead atoms. The minimum absolute atomic E-state index is 0.205. The molecule has 0 fully saturated rings. The van der Waals surface area contributed by atoms with Gasteiger partial charge in [0, 0.05) is 16.2 Å². The normalized spacial score (nSPS) is 12.0. The number of hydrogen-bond donors (Lipinski definition) is 1. The molecule has 2 aromatic rings. The number of ketones is 1. The number of halogens is 2. The fourth-order valence-electron chi connectivity index (χ4n) is 2.53. The highest BCUT2D eigenvalue weighted by atomic mass is 35.5. The van der Waals surface area contributed by atoms with Crippen molar-refractivity contribution in [1.29, 1.82) is 0 Å². The van der Waals surface area contributed by atoms with E-state index in [1.807, 2.05) is 24.3 Å². The second-order valence-electron chi connectivity index (χ2n) is 7.20. The molecule has 0 unspecified atom stereocenters. The van der Waals surface area contributed by atoms with Gasteiger partial charge in [0.25, 0.3) is 0 Å². The van der Waals surface area contributed by atoms with Crippen LogP contribution in [0.15, 0.2) is 30.3 Å². The number of ether oxygens (including phenoxy) is 2. The average molecular weight is 494 g/mol. The highest BCUT2D eigenvalue weighted by molar-refractivity contribution is 7.88. The standard InChI is InChI=1S/C20H25Cl2NO5S2/c1-20(2,14-5-6-17(16(22)11-14)27-10-4-9-21)18-7-8-19(29-18)28-13-15(24)12-23-30(3,25)26/h5-8,11,23H,4,9-10,12-13H2,1-3H3. The first-order valence-corrected chi connectivity index (χ1v) is 12.8. The Kier molecular flexibility index (Phi) is 8.99. The van der Waals surface area contributed by atoms with Crippen LogP contribution in [0.2, 0.25) is 5.02 Å². The highest BCUT2D eigenvalue weighted by Crippen LogP contribution is 2.40. The summed E-state index contributed by atoms with van der Waals surface area (Å²) in [5.74, 6) is 0.801. The molecule has 1 heterocycles. The van der Waals surface area contributed by atoms with Crippen molar-refractivity contribution in [3.63, 3.8) is 0 Å². The number of benzene rings is 1. The fraction of sp³-hybridized carbons (Fsp3) is 0.450. The van der Waals surface area contributed by atoms with E-state index in [1.54, 1.807) is 6.07 Å². The molecule has 0 aliphatic heterocycles. The van der Waals surface area contributed by atoms with Crippen molar-refractivity contribution in [2.45, 2.75) is 25.7 Å². The molecule has 0 amide bonds. The highest BCUT2D eigenvalue weighted by Gasteiger charge is 2.26. The van der Waals surface area contributed by atoms with Gasteiger partial charge >= 0.3 is 0 Å². The predicted molar refractivity (Wildman–Crippen MR) is 122 cm³/mol. The number of thiophene rings is 1. The van der Waals surface area contributed by atoms with Gasteiger partial charge in [-0.05, 0) is 36.2 Å². The van der Waals surface area contributed by atoms with Gasteiger partial charge < -0.3 is 9.47 Å². The monoisotopic (exact) mass is 493 g/mol. The third kappa shape index (κ3) is 7.42. The zero-order valence-corrected chi connectivity index (χ0v) is 20.2. The Balaban J connectivity index is 2.02. The van der Waals surface area contributed by atoms with Crippen LogP contribution in [0.1, 0.15) is 30.7 Å². The smallest absolute Gasteiger partial charge is 0.209 e. The quantitative estimate of drug-likeness (QED) is 0.353. The van der Waals surface area contributed by atoms with Crippen LogP contribution < -0.4 is 14.2 Å². The molecule has 0 saturated carbocycles. The Bertz CT molecular complexity index is 973. The first-order chi connectivity index (χ1) is 14.0. The van der Waals surface area contributed by atoms with Gasteiger partial charge in [0.1, 0.15) is 12.4 Å². The molecule has 1 N–H and O–H groups in total. The number of hydrogen-bond acceptors (Lipinski definition) is 6. The van der Waals surface area contributed by atoms with Crippen molar-refractivity contribution in [3.8, 4) is 10.8 Å². The number of alkyl halides is 1. The largest absolute Gasteiger partial charge is 0.492 e. The van der Waals surface area contributed by atoms with Gasteiger partial charge in [0.15, 0.2) is 10.8 Å².